The van der Waals surface area contributed by atoms with Crippen LogP contribution in [0.2, 0.25) is 5.02 Å². The highest BCUT2D eigenvalue weighted by Gasteiger charge is 2.31. The van der Waals surface area contributed by atoms with E-state index >= 15 is 0 Å². The molecule has 2 rings (SSSR count). The first-order chi connectivity index (χ1) is 9.79. The number of nitrogens with one attached hydrogen (secondary N) is 2. The third-order valence-electron chi connectivity index (χ3n) is 2.60. The zero-order chi connectivity index (χ0) is 15.6. The summed E-state index contributed by atoms with van der Waals surface area (Å²) in [6.45, 7) is 0. The van der Waals surface area contributed by atoms with Crippen molar-refractivity contribution in [1.29, 1.82) is 0 Å². The summed E-state index contributed by atoms with van der Waals surface area (Å²) in [6.07, 6.45) is -4.53. The Bertz CT molecular complexity index is 658. The van der Waals surface area contributed by atoms with Gasteiger partial charge in [0.25, 0.3) is 0 Å². The van der Waals surface area contributed by atoms with E-state index in [0.717, 1.165) is 18.2 Å². The Morgan fingerprint density at radius 2 is 1.76 bits per heavy atom. The van der Waals surface area contributed by atoms with Crippen molar-refractivity contribution in [3.05, 3.63) is 46.7 Å². The van der Waals surface area contributed by atoms with Crippen molar-refractivity contribution in [1.82, 2.24) is 4.98 Å². The Labute approximate surface area is 123 Å². The van der Waals surface area contributed by atoms with E-state index < -0.39 is 17.6 Å². The van der Waals surface area contributed by atoms with Crippen LogP contribution in [0.1, 0.15) is 5.56 Å². The second-order valence-electron chi connectivity index (χ2n) is 4.12. The molecule has 0 bridgehead atoms. The van der Waals surface area contributed by atoms with Gasteiger partial charge in [-0.1, -0.05) is 11.6 Å². The zero-order valence-electron chi connectivity index (χ0n) is 10.7. The number of nitrogens with zero attached hydrogens (tertiary/aromatic N) is 1. The normalized spacial score (nSPS) is 11.3. The van der Waals surface area contributed by atoms with Crippen molar-refractivity contribution >= 4 is 28.9 Å². The molecule has 1 aromatic carbocycles. The van der Waals surface area contributed by atoms with Crippen LogP contribution >= 0.6 is 11.6 Å². The number of benzene rings is 1. The SMILES string of the molecule is CNc1cc(C(F)(F)F)cc(Nc2cc(Cl)ccc2F)n1. The molecule has 0 amide bonds. The van der Waals surface area contributed by atoms with Crippen LogP contribution in [0.25, 0.3) is 0 Å². The van der Waals surface area contributed by atoms with Crippen molar-refractivity contribution in [3.63, 3.8) is 0 Å². The van der Waals surface area contributed by atoms with Crippen LogP contribution in [0.4, 0.5) is 34.9 Å². The van der Waals surface area contributed by atoms with E-state index in [2.05, 4.69) is 15.6 Å². The first-order valence-corrected chi connectivity index (χ1v) is 6.16. The summed E-state index contributed by atoms with van der Waals surface area (Å²) in [6, 6.07) is 5.36. The van der Waals surface area contributed by atoms with Crippen molar-refractivity contribution in [2.45, 2.75) is 6.18 Å². The predicted octanol–water partition coefficient (Wildman–Crippen LogP) is 4.68. The number of aromatic nitrogens is 1. The average molecular weight is 320 g/mol. The van der Waals surface area contributed by atoms with Gasteiger partial charge in [-0.15, -0.1) is 0 Å². The van der Waals surface area contributed by atoms with Crippen molar-refractivity contribution < 1.29 is 17.6 Å². The summed E-state index contributed by atoms with van der Waals surface area (Å²) in [5.74, 6) is -0.783. The highest BCUT2D eigenvalue weighted by molar-refractivity contribution is 6.30. The Kier molecular flexibility index (Phi) is 4.22. The lowest BCUT2D eigenvalue weighted by Crippen LogP contribution is -2.08. The summed E-state index contributed by atoms with van der Waals surface area (Å²) in [5, 5.41) is 5.26. The van der Waals surface area contributed by atoms with Crippen LogP contribution in [-0.2, 0) is 6.18 Å². The maximum absolute atomic E-state index is 13.6. The largest absolute Gasteiger partial charge is 0.416 e. The Hall–Kier alpha value is -2.02. The van der Waals surface area contributed by atoms with Gasteiger partial charge in [-0.05, 0) is 30.3 Å². The van der Waals surface area contributed by atoms with Gasteiger partial charge in [0, 0.05) is 12.1 Å². The number of rotatable bonds is 3. The second kappa shape index (κ2) is 5.77. The van der Waals surface area contributed by atoms with E-state index in [0.29, 0.717) is 0 Å². The fourth-order valence-corrected chi connectivity index (χ4v) is 1.79. The smallest absolute Gasteiger partial charge is 0.373 e. The molecular formula is C13H10ClF4N3. The topological polar surface area (TPSA) is 37.0 Å². The van der Waals surface area contributed by atoms with Crippen LogP contribution in [0.5, 0.6) is 0 Å². The highest BCUT2D eigenvalue weighted by atomic mass is 35.5. The van der Waals surface area contributed by atoms with Gasteiger partial charge in [0.15, 0.2) is 0 Å². The number of alkyl halides is 3. The third-order valence-corrected chi connectivity index (χ3v) is 2.84. The van der Waals surface area contributed by atoms with Crippen molar-refractivity contribution in [2.75, 3.05) is 17.7 Å². The molecule has 0 aliphatic rings. The molecule has 0 unspecified atom stereocenters. The van der Waals surface area contributed by atoms with Crippen LogP contribution in [0.3, 0.4) is 0 Å². The molecule has 21 heavy (non-hydrogen) atoms. The minimum atomic E-state index is -4.53. The third kappa shape index (κ3) is 3.75. The Morgan fingerprint density at radius 1 is 1.10 bits per heavy atom. The van der Waals surface area contributed by atoms with Gasteiger partial charge >= 0.3 is 6.18 Å². The monoisotopic (exact) mass is 319 g/mol. The van der Waals surface area contributed by atoms with Crippen LogP contribution in [-0.4, -0.2) is 12.0 Å². The van der Waals surface area contributed by atoms with Crippen LogP contribution < -0.4 is 10.6 Å². The molecular weight excluding hydrogens is 310 g/mol. The maximum atomic E-state index is 13.6. The average Bonchev–Trinajstić information content (AvgIpc) is 2.41. The van der Waals surface area contributed by atoms with Gasteiger partial charge in [-0.3, -0.25) is 0 Å². The predicted molar refractivity (Wildman–Crippen MR) is 73.5 cm³/mol. The Balaban J connectivity index is 2.42. The first kappa shape index (κ1) is 15.4. The number of hydrogen-bond acceptors (Lipinski definition) is 3. The summed E-state index contributed by atoms with van der Waals surface area (Å²) >= 11 is 5.73. The fourth-order valence-electron chi connectivity index (χ4n) is 1.62. The molecule has 0 saturated heterocycles. The van der Waals surface area contributed by atoms with E-state index in [1.165, 1.54) is 19.2 Å². The molecule has 1 heterocycles. The summed E-state index contributed by atoms with van der Waals surface area (Å²) in [5.41, 5.74) is -0.955. The lowest BCUT2D eigenvalue weighted by atomic mass is 10.2. The molecule has 2 N–H and O–H groups in total. The van der Waals surface area contributed by atoms with Gasteiger partial charge in [0.05, 0.1) is 11.3 Å². The van der Waals surface area contributed by atoms with E-state index in [9.17, 15) is 17.6 Å². The van der Waals surface area contributed by atoms with Crippen LogP contribution in [0, 0.1) is 5.82 Å². The van der Waals surface area contributed by atoms with Gasteiger partial charge in [-0.25, -0.2) is 9.37 Å². The molecule has 0 fully saturated rings. The van der Waals surface area contributed by atoms with Gasteiger partial charge in [0.1, 0.15) is 17.5 Å². The van der Waals surface area contributed by atoms with Gasteiger partial charge in [0.2, 0.25) is 0 Å². The molecule has 8 heteroatoms. The molecule has 0 radical (unpaired) electrons. The maximum Gasteiger partial charge on any atom is 0.416 e. The minimum Gasteiger partial charge on any atom is -0.373 e. The standard InChI is InChI=1S/C13H10ClF4N3/c1-19-11-4-7(13(16,17)18)5-12(21-11)20-10-6-8(14)2-3-9(10)15/h2-6H,1H3,(H2,19,20,21). The fraction of sp³-hybridized carbons (Fsp3) is 0.154. The summed E-state index contributed by atoms with van der Waals surface area (Å²) < 4.78 is 51.9. The number of pyridine rings is 1. The van der Waals surface area contributed by atoms with Crippen LogP contribution in [0.15, 0.2) is 30.3 Å². The number of hydrogen-bond donors (Lipinski definition) is 2. The molecule has 0 aliphatic carbocycles. The molecule has 2 aromatic rings. The minimum absolute atomic E-state index is 0.00904. The molecule has 0 atom stereocenters. The lowest BCUT2D eigenvalue weighted by molar-refractivity contribution is -0.137. The highest BCUT2D eigenvalue weighted by Crippen LogP contribution is 2.33. The molecule has 3 nitrogen and oxygen atoms in total. The van der Waals surface area contributed by atoms with E-state index in [1.807, 2.05) is 0 Å². The lowest BCUT2D eigenvalue weighted by Gasteiger charge is -2.13. The quantitative estimate of drug-likeness (QED) is 0.807. The van der Waals surface area contributed by atoms with Gasteiger partial charge < -0.3 is 10.6 Å². The zero-order valence-corrected chi connectivity index (χ0v) is 11.5. The molecule has 0 aliphatic heterocycles. The number of halogens is 5. The molecule has 0 spiro atoms. The summed E-state index contributed by atoms with van der Waals surface area (Å²) in [4.78, 5) is 3.90. The van der Waals surface area contributed by atoms with E-state index in [1.54, 1.807) is 0 Å². The first-order valence-electron chi connectivity index (χ1n) is 5.78. The van der Waals surface area contributed by atoms with Crippen molar-refractivity contribution in [2.24, 2.45) is 0 Å². The second-order valence-corrected chi connectivity index (χ2v) is 4.56. The number of anilines is 3. The Morgan fingerprint density at radius 3 is 2.38 bits per heavy atom. The molecule has 112 valence electrons. The van der Waals surface area contributed by atoms with Gasteiger partial charge in [-0.2, -0.15) is 13.2 Å². The molecule has 0 saturated carbocycles. The van der Waals surface area contributed by atoms with E-state index in [4.69, 9.17) is 11.6 Å². The molecule has 1 aromatic heterocycles. The van der Waals surface area contributed by atoms with E-state index in [-0.39, 0.29) is 22.3 Å². The summed E-state index contributed by atoms with van der Waals surface area (Å²) in [7, 11) is 1.44. The van der Waals surface area contributed by atoms with Crippen molar-refractivity contribution in [3.8, 4) is 0 Å².